The summed E-state index contributed by atoms with van der Waals surface area (Å²) in [6, 6.07) is 0.702. The van der Waals surface area contributed by atoms with E-state index in [4.69, 9.17) is 0 Å². The number of nitrogens with zero attached hydrogens (tertiary/aromatic N) is 2. The van der Waals surface area contributed by atoms with Gasteiger partial charge in [-0.05, 0) is 58.8 Å². The Balaban J connectivity index is 1.78. The molecule has 5 heteroatoms. The molecule has 2 heterocycles. The smallest absolute Gasteiger partial charge is 0.323 e. The van der Waals surface area contributed by atoms with Crippen molar-refractivity contribution < 1.29 is 9.90 Å². The van der Waals surface area contributed by atoms with Crippen LogP contribution in [-0.4, -0.2) is 71.7 Å². The SMILES string of the molecule is CCNC(C)(CCN1CCC(N2CCCC2)C1)C(=O)O. The molecule has 2 aliphatic heterocycles. The fraction of sp³-hybridized carbons (Fsp3) is 0.933. The molecule has 116 valence electrons. The molecule has 0 aromatic rings. The van der Waals surface area contributed by atoms with Crippen molar-refractivity contribution in [3.8, 4) is 0 Å². The third kappa shape index (κ3) is 3.71. The van der Waals surface area contributed by atoms with Gasteiger partial charge in [0.05, 0.1) is 0 Å². The Morgan fingerprint density at radius 2 is 2.05 bits per heavy atom. The Bertz CT molecular complexity index is 331. The molecule has 2 saturated heterocycles. The van der Waals surface area contributed by atoms with Crippen LogP contribution in [0.25, 0.3) is 0 Å². The van der Waals surface area contributed by atoms with Crippen LogP contribution in [0.1, 0.15) is 39.5 Å². The van der Waals surface area contributed by atoms with E-state index in [1.807, 2.05) is 6.92 Å². The van der Waals surface area contributed by atoms with Crippen molar-refractivity contribution in [3.05, 3.63) is 0 Å². The number of hydrogen-bond acceptors (Lipinski definition) is 4. The summed E-state index contributed by atoms with van der Waals surface area (Å²) in [6.45, 7) is 10.1. The van der Waals surface area contributed by atoms with Crippen LogP contribution >= 0.6 is 0 Å². The summed E-state index contributed by atoms with van der Waals surface area (Å²) in [4.78, 5) is 16.4. The molecule has 2 aliphatic rings. The second-order valence-corrected chi connectivity index (χ2v) is 6.40. The van der Waals surface area contributed by atoms with Crippen LogP contribution in [0.3, 0.4) is 0 Å². The van der Waals surface area contributed by atoms with Gasteiger partial charge in [-0.1, -0.05) is 6.92 Å². The number of likely N-dealkylation sites (tertiary alicyclic amines) is 2. The Hall–Kier alpha value is -0.650. The Kier molecular flexibility index (Phi) is 5.41. The average Bonchev–Trinajstić information content (AvgIpc) is 3.07. The van der Waals surface area contributed by atoms with Crippen molar-refractivity contribution in [2.75, 3.05) is 39.3 Å². The van der Waals surface area contributed by atoms with Crippen LogP contribution in [0.4, 0.5) is 0 Å². The Labute approximate surface area is 122 Å². The number of carbonyl (C=O) groups is 1. The Morgan fingerprint density at radius 3 is 2.65 bits per heavy atom. The third-order valence-corrected chi connectivity index (χ3v) is 4.87. The zero-order valence-corrected chi connectivity index (χ0v) is 12.9. The summed E-state index contributed by atoms with van der Waals surface area (Å²) in [5, 5.41) is 12.5. The lowest BCUT2D eigenvalue weighted by atomic mass is 9.97. The Morgan fingerprint density at radius 1 is 1.35 bits per heavy atom. The number of nitrogens with one attached hydrogen (secondary N) is 1. The highest BCUT2D eigenvalue weighted by molar-refractivity contribution is 5.78. The number of carboxylic acids is 1. The van der Waals surface area contributed by atoms with Crippen LogP contribution in [0, 0.1) is 0 Å². The van der Waals surface area contributed by atoms with Crippen LogP contribution in [-0.2, 0) is 4.79 Å². The summed E-state index contributed by atoms with van der Waals surface area (Å²) in [5.74, 6) is -0.741. The van der Waals surface area contributed by atoms with Gasteiger partial charge in [0.2, 0.25) is 0 Å². The van der Waals surface area contributed by atoms with E-state index in [9.17, 15) is 9.90 Å². The highest BCUT2D eigenvalue weighted by Gasteiger charge is 2.34. The summed E-state index contributed by atoms with van der Waals surface area (Å²) in [5.41, 5.74) is -0.791. The zero-order chi connectivity index (χ0) is 14.6. The first-order valence-corrected chi connectivity index (χ1v) is 8.00. The summed E-state index contributed by atoms with van der Waals surface area (Å²) < 4.78 is 0. The van der Waals surface area contributed by atoms with E-state index in [1.54, 1.807) is 6.92 Å². The van der Waals surface area contributed by atoms with E-state index in [2.05, 4.69) is 15.1 Å². The first-order valence-electron chi connectivity index (χ1n) is 8.00. The first-order chi connectivity index (χ1) is 9.55. The number of carboxylic acid groups (broad SMARTS) is 1. The number of aliphatic carboxylic acids is 1. The normalized spacial score (nSPS) is 27.8. The molecule has 20 heavy (non-hydrogen) atoms. The molecule has 0 amide bonds. The molecule has 2 fully saturated rings. The minimum atomic E-state index is -0.791. The van der Waals surface area contributed by atoms with Crippen molar-refractivity contribution >= 4 is 5.97 Å². The monoisotopic (exact) mass is 283 g/mol. The molecule has 5 nitrogen and oxygen atoms in total. The molecule has 0 spiro atoms. The maximum absolute atomic E-state index is 11.4. The van der Waals surface area contributed by atoms with Crippen LogP contribution in [0.15, 0.2) is 0 Å². The predicted molar refractivity (Wildman–Crippen MR) is 80.0 cm³/mol. The fourth-order valence-electron chi connectivity index (χ4n) is 3.46. The topological polar surface area (TPSA) is 55.8 Å². The van der Waals surface area contributed by atoms with Gasteiger partial charge in [0.15, 0.2) is 0 Å². The van der Waals surface area contributed by atoms with E-state index in [1.165, 1.54) is 32.4 Å². The minimum absolute atomic E-state index is 0.670. The fourth-order valence-corrected chi connectivity index (χ4v) is 3.46. The summed E-state index contributed by atoms with van der Waals surface area (Å²) in [6.07, 6.45) is 4.59. The van der Waals surface area contributed by atoms with Crippen molar-refractivity contribution in [1.29, 1.82) is 0 Å². The largest absolute Gasteiger partial charge is 0.480 e. The third-order valence-electron chi connectivity index (χ3n) is 4.87. The van der Waals surface area contributed by atoms with Gasteiger partial charge in [0, 0.05) is 19.1 Å². The molecule has 2 N–H and O–H groups in total. The molecule has 0 saturated carbocycles. The van der Waals surface area contributed by atoms with Crippen molar-refractivity contribution in [1.82, 2.24) is 15.1 Å². The lowest BCUT2D eigenvalue weighted by Gasteiger charge is -2.29. The van der Waals surface area contributed by atoms with Crippen molar-refractivity contribution in [3.63, 3.8) is 0 Å². The predicted octanol–water partition coefficient (Wildman–Crippen LogP) is 0.999. The lowest BCUT2D eigenvalue weighted by molar-refractivity contribution is -0.144. The maximum atomic E-state index is 11.4. The van der Waals surface area contributed by atoms with Gasteiger partial charge < -0.3 is 15.3 Å². The van der Waals surface area contributed by atoms with Gasteiger partial charge in [-0.25, -0.2) is 0 Å². The van der Waals surface area contributed by atoms with Gasteiger partial charge in [-0.3, -0.25) is 9.69 Å². The van der Waals surface area contributed by atoms with E-state index in [-0.39, 0.29) is 0 Å². The van der Waals surface area contributed by atoms with E-state index in [0.717, 1.165) is 19.6 Å². The molecule has 0 bridgehead atoms. The number of hydrogen-bond donors (Lipinski definition) is 2. The van der Waals surface area contributed by atoms with Crippen LogP contribution in [0.5, 0.6) is 0 Å². The zero-order valence-electron chi connectivity index (χ0n) is 12.9. The van der Waals surface area contributed by atoms with Crippen LogP contribution in [0.2, 0.25) is 0 Å². The highest BCUT2D eigenvalue weighted by Crippen LogP contribution is 2.21. The highest BCUT2D eigenvalue weighted by atomic mass is 16.4. The van der Waals surface area contributed by atoms with Gasteiger partial charge in [0.25, 0.3) is 0 Å². The van der Waals surface area contributed by atoms with E-state index < -0.39 is 11.5 Å². The van der Waals surface area contributed by atoms with Crippen molar-refractivity contribution in [2.24, 2.45) is 0 Å². The first kappa shape index (κ1) is 15.7. The summed E-state index contributed by atoms with van der Waals surface area (Å²) in [7, 11) is 0. The lowest BCUT2D eigenvalue weighted by Crippen LogP contribution is -2.51. The van der Waals surface area contributed by atoms with Crippen LogP contribution < -0.4 is 5.32 Å². The molecule has 2 rings (SSSR count). The van der Waals surface area contributed by atoms with Crippen molar-refractivity contribution in [2.45, 2.75) is 51.1 Å². The second kappa shape index (κ2) is 6.87. The molecule has 0 radical (unpaired) electrons. The molecule has 0 aliphatic carbocycles. The average molecular weight is 283 g/mol. The number of likely N-dealkylation sites (N-methyl/N-ethyl adjacent to an activating group) is 1. The maximum Gasteiger partial charge on any atom is 0.323 e. The molecule has 0 aromatic heterocycles. The molecular formula is C15H29N3O2. The van der Waals surface area contributed by atoms with Gasteiger partial charge in [-0.15, -0.1) is 0 Å². The summed E-state index contributed by atoms with van der Waals surface area (Å²) >= 11 is 0. The standard InChI is InChI=1S/C15H29N3O2/c1-3-16-15(2,14(19)20)7-11-17-10-6-13(12-17)18-8-4-5-9-18/h13,16H,3-12H2,1-2H3,(H,19,20). The molecular weight excluding hydrogens is 254 g/mol. The second-order valence-electron chi connectivity index (χ2n) is 6.40. The minimum Gasteiger partial charge on any atom is -0.480 e. The molecule has 2 unspecified atom stereocenters. The quantitative estimate of drug-likeness (QED) is 0.730. The van der Waals surface area contributed by atoms with E-state index >= 15 is 0 Å². The van der Waals surface area contributed by atoms with E-state index in [0.29, 0.717) is 19.0 Å². The molecule has 2 atom stereocenters. The molecule has 0 aromatic carbocycles. The van der Waals surface area contributed by atoms with Gasteiger partial charge >= 0.3 is 5.97 Å². The number of rotatable bonds is 7. The van der Waals surface area contributed by atoms with Gasteiger partial charge in [0.1, 0.15) is 5.54 Å². The van der Waals surface area contributed by atoms with Gasteiger partial charge in [-0.2, -0.15) is 0 Å².